The van der Waals surface area contributed by atoms with Gasteiger partial charge in [-0.25, -0.2) is 0 Å². The summed E-state index contributed by atoms with van der Waals surface area (Å²) in [6.07, 6.45) is -2.26. The van der Waals surface area contributed by atoms with Gasteiger partial charge in [-0.2, -0.15) is 18.2 Å². The first kappa shape index (κ1) is 21.2. The van der Waals surface area contributed by atoms with E-state index in [1.807, 2.05) is 0 Å². The van der Waals surface area contributed by atoms with Crippen LogP contribution in [-0.2, 0) is 6.18 Å². The highest BCUT2D eigenvalue weighted by atomic mass is 35.5. The summed E-state index contributed by atoms with van der Waals surface area (Å²) in [6, 6.07) is 5.58. The molecule has 2 heterocycles. The van der Waals surface area contributed by atoms with E-state index in [4.69, 9.17) is 32.4 Å². The minimum atomic E-state index is -4.61. The number of rotatable bonds is 3. The summed E-state index contributed by atoms with van der Waals surface area (Å²) in [6.45, 7) is 0. The van der Waals surface area contributed by atoms with Crippen molar-refractivity contribution in [3.63, 3.8) is 0 Å². The van der Waals surface area contributed by atoms with Crippen LogP contribution in [-0.4, -0.2) is 23.2 Å². The first-order valence-corrected chi connectivity index (χ1v) is 9.32. The molecule has 0 atom stereocenters. The smallest absolute Gasteiger partial charge is 0.416 e. The van der Waals surface area contributed by atoms with Gasteiger partial charge in [0.25, 0.3) is 5.91 Å². The van der Waals surface area contributed by atoms with Gasteiger partial charge in [-0.1, -0.05) is 23.2 Å². The summed E-state index contributed by atoms with van der Waals surface area (Å²) in [4.78, 5) is 16.9. The molecule has 2 aromatic heterocycles. The minimum absolute atomic E-state index is 0.0207. The number of benzene rings is 2. The Morgan fingerprint density at radius 2 is 1.84 bits per heavy atom. The summed E-state index contributed by atoms with van der Waals surface area (Å²) in [5, 5.41) is 10.6. The summed E-state index contributed by atoms with van der Waals surface area (Å²) < 4.78 is 50.7. The van der Waals surface area contributed by atoms with Crippen LogP contribution < -0.4 is 9.80 Å². The summed E-state index contributed by atoms with van der Waals surface area (Å²) in [5.74, 6) is -0.802. The largest absolute Gasteiger partial charge is 0.493 e. The third-order valence-electron chi connectivity index (χ3n) is 4.59. The van der Waals surface area contributed by atoms with E-state index in [-0.39, 0.29) is 54.0 Å². The maximum atomic E-state index is 13.3. The molecule has 11 heteroatoms. The number of methoxy groups -OCH3 is 1. The molecular formula is C20H11Cl2F3N2O4. The van der Waals surface area contributed by atoms with Crippen molar-refractivity contribution in [2.45, 2.75) is 6.18 Å². The molecule has 0 fully saturated rings. The minimum Gasteiger partial charge on any atom is -0.493 e. The van der Waals surface area contributed by atoms with Gasteiger partial charge < -0.3 is 9.15 Å². The zero-order valence-electron chi connectivity index (χ0n) is 15.5. The highest BCUT2D eigenvalue weighted by Crippen LogP contribution is 2.41. The van der Waals surface area contributed by atoms with Crippen LogP contribution in [0.4, 0.5) is 18.9 Å². The number of hydroxylamine groups is 1. The van der Waals surface area contributed by atoms with Crippen molar-refractivity contribution in [1.29, 1.82) is 0 Å². The van der Waals surface area contributed by atoms with Crippen LogP contribution in [0.2, 0.25) is 10.0 Å². The van der Waals surface area contributed by atoms with Gasteiger partial charge in [0.05, 0.1) is 28.3 Å². The molecule has 0 bridgehead atoms. The van der Waals surface area contributed by atoms with Crippen LogP contribution in [0, 0.1) is 0 Å². The Labute approximate surface area is 182 Å². The Morgan fingerprint density at radius 3 is 2.45 bits per heavy atom. The fourth-order valence-electron chi connectivity index (χ4n) is 3.19. The number of fused-ring (bicyclic) bond motifs is 3. The van der Waals surface area contributed by atoms with E-state index in [9.17, 15) is 23.2 Å². The van der Waals surface area contributed by atoms with Gasteiger partial charge in [0.15, 0.2) is 11.3 Å². The number of hydrogen-bond donors (Lipinski definition) is 1. The van der Waals surface area contributed by atoms with Crippen molar-refractivity contribution in [2.24, 2.45) is 0 Å². The van der Waals surface area contributed by atoms with E-state index in [2.05, 4.69) is 4.98 Å². The van der Waals surface area contributed by atoms with Gasteiger partial charge in [0, 0.05) is 23.2 Å². The number of anilines is 1. The Balaban J connectivity index is 1.98. The SMILES string of the molecule is COc1ccc(C(=O)N(O)c2c(Cl)cncc2Cl)c2c1oc1ccc(C(F)(F)F)cc12. The Morgan fingerprint density at radius 1 is 1.16 bits per heavy atom. The number of ether oxygens (including phenoxy) is 1. The van der Waals surface area contributed by atoms with E-state index in [0.717, 1.165) is 18.2 Å². The number of halogens is 5. The maximum Gasteiger partial charge on any atom is 0.416 e. The number of carbonyl (C=O) groups is 1. The van der Waals surface area contributed by atoms with Crippen molar-refractivity contribution in [3.8, 4) is 5.75 Å². The Kier molecular flexibility index (Phi) is 5.20. The summed E-state index contributed by atoms with van der Waals surface area (Å²) in [5.41, 5.74) is -1.16. The van der Waals surface area contributed by atoms with Crippen LogP contribution in [0.25, 0.3) is 21.9 Å². The van der Waals surface area contributed by atoms with Crippen molar-refractivity contribution < 1.29 is 32.3 Å². The highest BCUT2D eigenvalue weighted by molar-refractivity contribution is 6.40. The number of pyridine rings is 1. The monoisotopic (exact) mass is 470 g/mol. The van der Waals surface area contributed by atoms with Gasteiger partial charge in [-0.3, -0.25) is 15.0 Å². The summed E-state index contributed by atoms with van der Waals surface area (Å²) in [7, 11) is 1.35. The van der Waals surface area contributed by atoms with Crippen molar-refractivity contribution in [1.82, 2.24) is 4.98 Å². The van der Waals surface area contributed by atoms with Crippen LogP contribution >= 0.6 is 23.2 Å². The molecule has 0 saturated heterocycles. The number of amides is 1. The second-order valence-electron chi connectivity index (χ2n) is 6.40. The molecule has 1 amide bonds. The topological polar surface area (TPSA) is 75.8 Å². The second kappa shape index (κ2) is 7.60. The van der Waals surface area contributed by atoms with Gasteiger partial charge in [0.1, 0.15) is 11.3 Å². The van der Waals surface area contributed by atoms with E-state index in [0.29, 0.717) is 0 Å². The quantitative estimate of drug-likeness (QED) is 0.278. The molecule has 6 nitrogen and oxygen atoms in total. The number of carbonyl (C=O) groups excluding carboxylic acids is 1. The standard InChI is InChI=1S/C20H11Cl2F3N2O4/c1-30-15-5-3-10(19(28)27(29)17-12(21)7-26-8-13(17)22)16-11-6-9(20(23,24)25)2-4-14(11)31-18(15)16/h2-8,29H,1H3. The highest BCUT2D eigenvalue weighted by Gasteiger charge is 2.32. The molecule has 0 aliphatic rings. The third-order valence-corrected chi connectivity index (χ3v) is 5.15. The van der Waals surface area contributed by atoms with Crippen LogP contribution in [0.5, 0.6) is 5.75 Å². The predicted octanol–water partition coefficient (Wildman–Crippen LogP) is 6.35. The predicted molar refractivity (Wildman–Crippen MR) is 108 cm³/mol. The molecule has 0 aliphatic heterocycles. The average molecular weight is 471 g/mol. The normalized spacial score (nSPS) is 11.8. The number of aromatic nitrogens is 1. The van der Waals surface area contributed by atoms with Gasteiger partial charge in [-0.15, -0.1) is 0 Å². The van der Waals surface area contributed by atoms with Crippen LogP contribution in [0.3, 0.4) is 0 Å². The first-order valence-electron chi connectivity index (χ1n) is 8.56. The molecule has 4 rings (SSSR count). The molecule has 0 spiro atoms. The fourth-order valence-corrected chi connectivity index (χ4v) is 3.72. The lowest BCUT2D eigenvalue weighted by atomic mass is 10.0. The molecule has 2 aromatic carbocycles. The van der Waals surface area contributed by atoms with E-state index >= 15 is 0 Å². The number of alkyl halides is 3. The zero-order valence-corrected chi connectivity index (χ0v) is 17.0. The fraction of sp³-hybridized carbons (Fsp3) is 0.100. The lowest BCUT2D eigenvalue weighted by molar-refractivity contribution is -0.137. The molecular weight excluding hydrogens is 460 g/mol. The van der Waals surface area contributed by atoms with Gasteiger partial charge in [-0.05, 0) is 30.3 Å². The molecule has 0 radical (unpaired) electrons. The Hall–Kier alpha value is -3.01. The van der Waals surface area contributed by atoms with E-state index in [1.54, 1.807) is 0 Å². The van der Waals surface area contributed by atoms with Crippen molar-refractivity contribution in [2.75, 3.05) is 12.2 Å². The van der Waals surface area contributed by atoms with E-state index < -0.39 is 17.6 Å². The van der Waals surface area contributed by atoms with Crippen molar-refractivity contribution >= 4 is 56.7 Å². The van der Waals surface area contributed by atoms with Crippen LogP contribution in [0.1, 0.15) is 15.9 Å². The first-order chi connectivity index (χ1) is 14.6. The maximum absolute atomic E-state index is 13.3. The molecule has 160 valence electrons. The molecule has 0 unspecified atom stereocenters. The Bertz CT molecular complexity index is 1320. The van der Waals surface area contributed by atoms with Crippen LogP contribution in [0.15, 0.2) is 47.1 Å². The third kappa shape index (κ3) is 3.54. The number of nitrogens with zero attached hydrogens (tertiary/aromatic N) is 2. The zero-order chi connectivity index (χ0) is 22.5. The molecule has 0 saturated carbocycles. The van der Waals surface area contributed by atoms with Crippen molar-refractivity contribution in [3.05, 3.63) is 63.9 Å². The number of furan rings is 1. The molecule has 1 N–H and O–H groups in total. The molecule has 4 aromatic rings. The molecule has 31 heavy (non-hydrogen) atoms. The summed E-state index contributed by atoms with van der Waals surface area (Å²) >= 11 is 12.0. The molecule has 0 aliphatic carbocycles. The lowest BCUT2D eigenvalue weighted by Gasteiger charge is -2.18. The van der Waals surface area contributed by atoms with Gasteiger partial charge >= 0.3 is 6.18 Å². The lowest BCUT2D eigenvalue weighted by Crippen LogP contribution is -2.27. The second-order valence-corrected chi connectivity index (χ2v) is 7.21. The average Bonchev–Trinajstić information content (AvgIpc) is 3.10. The number of hydrogen-bond acceptors (Lipinski definition) is 5. The van der Waals surface area contributed by atoms with E-state index in [1.165, 1.54) is 31.6 Å². The van der Waals surface area contributed by atoms with Gasteiger partial charge in [0.2, 0.25) is 0 Å².